The van der Waals surface area contributed by atoms with Gasteiger partial charge in [-0.05, 0) is 53.8 Å². The summed E-state index contributed by atoms with van der Waals surface area (Å²) in [4.78, 5) is 23.8. The molecule has 0 spiro atoms. The molecule has 144 valence electrons. The summed E-state index contributed by atoms with van der Waals surface area (Å²) in [6.07, 6.45) is 6.67. The van der Waals surface area contributed by atoms with E-state index in [2.05, 4.69) is 5.32 Å². The highest BCUT2D eigenvalue weighted by Gasteiger charge is 2.25. The largest absolute Gasteiger partial charge is 0.497 e. The number of rotatable bonds is 7. The lowest BCUT2D eigenvalue weighted by Gasteiger charge is -2.10. The average molecular weight is 378 g/mol. The van der Waals surface area contributed by atoms with Crippen LogP contribution in [0.15, 0.2) is 54.6 Å². The minimum Gasteiger partial charge on any atom is -0.497 e. The van der Waals surface area contributed by atoms with Gasteiger partial charge in [-0.25, -0.2) is 5.48 Å². The molecular weight excluding hydrogens is 356 g/mol. The van der Waals surface area contributed by atoms with Crippen molar-refractivity contribution in [1.82, 2.24) is 10.8 Å². The fourth-order valence-corrected chi connectivity index (χ4v) is 2.62. The molecule has 0 bridgehead atoms. The van der Waals surface area contributed by atoms with Crippen LogP contribution < -0.4 is 15.5 Å². The number of hydroxylamine groups is 1. The Hall–Kier alpha value is -3.38. The third-order valence-corrected chi connectivity index (χ3v) is 4.34. The van der Waals surface area contributed by atoms with Gasteiger partial charge in [0.2, 0.25) is 0 Å². The Bertz CT molecular complexity index is 895. The maximum atomic E-state index is 12.8. The molecule has 0 aromatic heterocycles. The van der Waals surface area contributed by atoms with Crippen molar-refractivity contribution in [2.24, 2.45) is 0 Å². The maximum Gasteiger partial charge on any atom is 0.267 e. The quantitative estimate of drug-likeness (QED) is 0.299. The van der Waals surface area contributed by atoms with Crippen molar-refractivity contribution in [2.45, 2.75) is 18.9 Å². The van der Waals surface area contributed by atoms with Crippen LogP contribution >= 0.6 is 0 Å². The van der Waals surface area contributed by atoms with Gasteiger partial charge in [0.1, 0.15) is 5.75 Å². The van der Waals surface area contributed by atoms with E-state index in [1.807, 2.05) is 54.6 Å². The fraction of sp³-hybridized carbons (Fsp3) is 0.182. The van der Waals surface area contributed by atoms with E-state index in [1.165, 1.54) is 6.08 Å². The SMILES string of the molecule is COc1ccc(C=C(C(=O)NC2CC2)c2ccc(C=CC(=O)NO)cc2)cc1. The predicted octanol–water partition coefficient (Wildman–Crippen LogP) is 3.03. The molecule has 3 N–H and O–H groups in total. The number of benzene rings is 2. The first kappa shape index (κ1) is 19.4. The highest BCUT2D eigenvalue weighted by Crippen LogP contribution is 2.24. The molecule has 3 rings (SSSR count). The predicted molar refractivity (Wildman–Crippen MR) is 107 cm³/mol. The molecular formula is C22H22N2O4. The zero-order valence-electron chi connectivity index (χ0n) is 15.5. The van der Waals surface area contributed by atoms with Gasteiger partial charge >= 0.3 is 0 Å². The Morgan fingerprint density at radius 2 is 1.68 bits per heavy atom. The van der Waals surface area contributed by atoms with Crippen molar-refractivity contribution in [3.05, 3.63) is 71.3 Å². The van der Waals surface area contributed by atoms with Crippen LogP contribution in [0.2, 0.25) is 0 Å². The summed E-state index contributed by atoms with van der Waals surface area (Å²) in [6.45, 7) is 0. The lowest BCUT2D eigenvalue weighted by molar-refractivity contribution is -0.124. The van der Waals surface area contributed by atoms with Crippen LogP contribution in [-0.4, -0.2) is 30.2 Å². The second kappa shape index (κ2) is 9.01. The molecule has 0 atom stereocenters. The average Bonchev–Trinajstić information content (AvgIpc) is 3.55. The summed E-state index contributed by atoms with van der Waals surface area (Å²) >= 11 is 0. The van der Waals surface area contributed by atoms with Crippen LogP contribution in [0.25, 0.3) is 17.7 Å². The minimum atomic E-state index is -0.604. The van der Waals surface area contributed by atoms with Gasteiger partial charge in [-0.15, -0.1) is 0 Å². The minimum absolute atomic E-state index is 0.110. The van der Waals surface area contributed by atoms with Crippen LogP contribution in [0.4, 0.5) is 0 Å². The number of hydrogen-bond acceptors (Lipinski definition) is 4. The Balaban J connectivity index is 1.87. The molecule has 0 heterocycles. The summed E-state index contributed by atoms with van der Waals surface area (Å²) in [5, 5.41) is 11.6. The zero-order chi connectivity index (χ0) is 19.9. The Morgan fingerprint density at radius 1 is 1.04 bits per heavy atom. The van der Waals surface area contributed by atoms with E-state index in [-0.39, 0.29) is 11.9 Å². The molecule has 6 heteroatoms. The molecule has 1 aliphatic carbocycles. The van der Waals surface area contributed by atoms with E-state index in [9.17, 15) is 9.59 Å². The Kier molecular flexibility index (Phi) is 6.24. The lowest BCUT2D eigenvalue weighted by Crippen LogP contribution is -2.26. The lowest BCUT2D eigenvalue weighted by atomic mass is 10.00. The summed E-state index contributed by atoms with van der Waals surface area (Å²) < 4.78 is 5.18. The Morgan fingerprint density at radius 3 is 2.25 bits per heavy atom. The molecule has 2 aromatic rings. The topological polar surface area (TPSA) is 87.7 Å². The highest BCUT2D eigenvalue weighted by molar-refractivity contribution is 6.24. The van der Waals surface area contributed by atoms with Gasteiger partial charge in [0.05, 0.1) is 7.11 Å². The van der Waals surface area contributed by atoms with E-state index in [0.29, 0.717) is 5.57 Å². The molecule has 2 amide bonds. The number of carbonyl (C=O) groups excluding carboxylic acids is 2. The summed E-state index contributed by atoms with van der Waals surface area (Å²) in [5.74, 6) is 0.0402. The Labute approximate surface area is 163 Å². The number of methoxy groups -OCH3 is 1. The summed E-state index contributed by atoms with van der Waals surface area (Å²) in [7, 11) is 1.61. The second-order valence-corrected chi connectivity index (χ2v) is 6.51. The molecule has 1 saturated carbocycles. The van der Waals surface area contributed by atoms with Crippen LogP contribution in [0.1, 0.15) is 29.5 Å². The van der Waals surface area contributed by atoms with Crippen LogP contribution in [0.3, 0.4) is 0 Å². The highest BCUT2D eigenvalue weighted by atomic mass is 16.5. The van der Waals surface area contributed by atoms with E-state index in [1.54, 1.807) is 18.7 Å². The van der Waals surface area contributed by atoms with Gasteiger partial charge in [-0.1, -0.05) is 36.4 Å². The van der Waals surface area contributed by atoms with Crippen LogP contribution in [0.5, 0.6) is 5.75 Å². The van der Waals surface area contributed by atoms with Crippen LogP contribution in [0, 0.1) is 0 Å². The summed E-state index contributed by atoms with van der Waals surface area (Å²) in [6, 6.07) is 15.0. The number of nitrogens with one attached hydrogen (secondary N) is 2. The van der Waals surface area contributed by atoms with Crippen molar-refractivity contribution < 1.29 is 19.5 Å². The molecule has 0 aliphatic heterocycles. The van der Waals surface area contributed by atoms with Gasteiger partial charge in [-0.3, -0.25) is 14.8 Å². The third-order valence-electron chi connectivity index (χ3n) is 4.34. The van der Waals surface area contributed by atoms with Crippen molar-refractivity contribution in [3.63, 3.8) is 0 Å². The normalized spacial score (nSPS) is 14.0. The molecule has 2 aromatic carbocycles. The summed E-state index contributed by atoms with van der Waals surface area (Å²) in [5.41, 5.74) is 4.56. The monoisotopic (exact) mass is 378 g/mol. The second-order valence-electron chi connectivity index (χ2n) is 6.51. The zero-order valence-corrected chi connectivity index (χ0v) is 15.5. The number of ether oxygens (including phenoxy) is 1. The van der Waals surface area contributed by atoms with Gasteiger partial charge in [-0.2, -0.15) is 0 Å². The van der Waals surface area contributed by atoms with Gasteiger partial charge in [0.15, 0.2) is 0 Å². The van der Waals surface area contributed by atoms with E-state index < -0.39 is 5.91 Å². The van der Waals surface area contributed by atoms with Crippen LogP contribution in [-0.2, 0) is 9.59 Å². The number of hydrogen-bond donors (Lipinski definition) is 3. The van der Waals surface area contributed by atoms with Crippen molar-refractivity contribution in [1.29, 1.82) is 0 Å². The standard InChI is InChI=1S/C22H22N2O4/c1-28-19-11-4-16(5-12-19)14-20(22(26)23-18-9-10-18)17-7-2-15(3-8-17)6-13-21(25)24-27/h2-8,11-14,18,27H,9-10H2,1H3,(H,23,26)(H,24,25). The van der Waals surface area contributed by atoms with Crippen molar-refractivity contribution >= 4 is 29.5 Å². The number of amides is 2. The molecule has 1 fully saturated rings. The molecule has 0 unspecified atom stereocenters. The molecule has 0 saturated heterocycles. The maximum absolute atomic E-state index is 12.8. The van der Waals surface area contributed by atoms with Crippen molar-refractivity contribution in [3.8, 4) is 5.75 Å². The molecule has 1 aliphatic rings. The van der Waals surface area contributed by atoms with Gasteiger partial charge in [0, 0.05) is 17.7 Å². The van der Waals surface area contributed by atoms with E-state index in [4.69, 9.17) is 9.94 Å². The molecule has 28 heavy (non-hydrogen) atoms. The van der Waals surface area contributed by atoms with E-state index in [0.717, 1.165) is 35.3 Å². The van der Waals surface area contributed by atoms with Gasteiger partial charge < -0.3 is 10.1 Å². The first-order valence-corrected chi connectivity index (χ1v) is 8.98. The van der Waals surface area contributed by atoms with Crippen molar-refractivity contribution in [2.75, 3.05) is 7.11 Å². The van der Waals surface area contributed by atoms with Gasteiger partial charge in [0.25, 0.3) is 11.8 Å². The molecule has 6 nitrogen and oxygen atoms in total. The molecule has 0 radical (unpaired) electrons. The smallest absolute Gasteiger partial charge is 0.267 e. The van der Waals surface area contributed by atoms with E-state index >= 15 is 0 Å². The third kappa shape index (κ3) is 5.31. The fourth-order valence-electron chi connectivity index (χ4n) is 2.62. The number of carbonyl (C=O) groups is 2. The first-order chi connectivity index (χ1) is 13.6. The first-order valence-electron chi connectivity index (χ1n) is 8.98.